The maximum absolute atomic E-state index is 13.7. The second-order valence-corrected chi connectivity index (χ2v) is 12.4. The van der Waals surface area contributed by atoms with Crippen LogP contribution in [0, 0.1) is 20.8 Å². The first kappa shape index (κ1) is 30.5. The number of hydrogen-bond acceptors (Lipinski definition) is 5. The van der Waals surface area contributed by atoms with E-state index in [2.05, 4.69) is 10.5 Å². The first-order chi connectivity index (χ1) is 19.4. The van der Waals surface area contributed by atoms with E-state index in [1.54, 1.807) is 36.4 Å². The summed E-state index contributed by atoms with van der Waals surface area (Å²) >= 11 is 18.6. The standard InChI is InChI=1S/C29H27Cl3N4O4S/c1-18-5-8-26(9-6-18)41(38,39)35(27-15-22(30)7-10-28(27)40-4)17-29(37)34-33-16-21-11-19(2)36(20(21)3)25-13-23(31)12-24(32)14-25/h5-16H,17H2,1-4H3,(H,34,37)/b33-16-. The zero-order chi connectivity index (χ0) is 29.9. The molecule has 0 saturated heterocycles. The number of aromatic nitrogens is 1. The Bertz CT molecular complexity index is 1720. The van der Waals surface area contributed by atoms with Gasteiger partial charge in [0, 0.05) is 37.7 Å². The van der Waals surface area contributed by atoms with Crippen molar-refractivity contribution < 1.29 is 17.9 Å². The molecule has 1 N–H and O–H groups in total. The Morgan fingerprint density at radius 3 is 2.24 bits per heavy atom. The Morgan fingerprint density at radius 2 is 1.61 bits per heavy atom. The van der Waals surface area contributed by atoms with E-state index in [-0.39, 0.29) is 21.4 Å². The largest absolute Gasteiger partial charge is 0.495 e. The van der Waals surface area contributed by atoms with Crippen LogP contribution in [0.15, 0.2) is 76.7 Å². The molecule has 1 aromatic heterocycles. The van der Waals surface area contributed by atoms with Crippen LogP contribution in [-0.4, -0.2) is 38.8 Å². The number of amides is 1. The molecule has 0 radical (unpaired) electrons. The summed E-state index contributed by atoms with van der Waals surface area (Å²) < 4.78 is 35.7. The molecule has 0 unspecified atom stereocenters. The van der Waals surface area contributed by atoms with Crippen molar-refractivity contribution in [2.45, 2.75) is 25.7 Å². The topological polar surface area (TPSA) is 93.0 Å². The van der Waals surface area contributed by atoms with E-state index in [4.69, 9.17) is 39.5 Å². The predicted molar refractivity (Wildman–Crippen MR) is 165 cm³/mol. The predicted octanol–water partition coefficient (Wildman–Crippen LogP) is 6.72. The minimum absolute atomic E-state index is 0.00925. The third-order valence-electron chi connectivity index (χ3n) is 6.27. The molecule has 0 aliphatic rings. The van der Waals surface area contributed by atoms with Crippen molar-refractivity contribution in [2.75, 3.05) is 18.0 Å². The highest BCUT2D eigenvalue weighted by atomic mass is 35.5. The molecule has 214 valence electrons. The summed E-state index contributed by atoms with van der Waals surface area (Å²) in [6, 6.07) is 18.0. The van der Waals surface area contributed by atoms with Gasteiger partial charge in [0.2, 0.25) is 0 Å². The van der Waals surface area contributed by atoms with Crippen LogP contribution in [0.1, 0.15) is 22.5 Å². The van der Waals surface area contributed by atoms with Crippen LogP contribution in [0.5, 0.6) is 5.75 Å². The number of hydrogen-bond donors (Lipinski definition) is 1. The second kappa shape index (κ2) is 12.6. The third-order valence-corrected chi connectivity index (χ3v) is 8.72. The lowest BCUT2D eigenvalue weighted by Gasteiger charge is -2.25. The number of ether oxygens (including phenoxy) is 1. The second-order valence-electron chi connectivity index (χ2n) is 9.22. The Labute approximate surface area is 254 Å². The maximum atomic E-state index is 13.7. The lowest BCUT2D eigenvalue weighted by Crippen LogP contribution is -2.39. The van der Waals surface area contributed by atoms with Crippen LogP contribution >= 0.6 is 34.8 Å². The fraction of sp³-hybridized carbons (Fsp3) is 0.172. The SMILES string of the molecule is COc1ccc(Cl)cc1N(CC(=O)N/N=C\c1cc(C)n(-c2cc(Cl)cc(Cl)c2)c1C)S(=O)(=O)c1ccc(C)cc1. The van der Waals surface area contributed by atoms with Crippen LogP contribution in [0.4, 0.5) is 5.69 Å². The highest BCUT2D eigenvalue weighted by Crippen LogP contribution is 2.35. The van der Waals surface area contributed by atoms with Gasteiger partial charge in [0.05, 0.1) is 23.9 Å². The Balaban J connectivity index is 1.61. The van der Waals surface area contributed by atoms with E-state index < -0.39 is 22.5 Å². The summed E-state index contributed by atoms with van der Waals surface area (Å²) in [4.78, 5) is 13.1. The molecule has 1 heterocycles. The molecule has 0 saturated carbocycles. The quantitative estimate of drug-likeness (QED) is 0.164. The number of rotatable bonds is 9. The molecule has 4 aromatic rings. The molecule has 4 rings (SSSR count). The third kappa shape index (κ3) is 6.87. The summed E-state index contributed by atoms with van der Waals surface area (Å²) in [5.74, 6) is -0.440. The molecule has 0 fully saturated rings. The van der Waals surface area contributed by atoms with E-state index in [1.165, 1.54) is 37.6 Å². The average Bonchev–Trinajstić information content (AvgIpc) is 3.19. The molecule has 0 aliphatic heterocycles. The smallest absolute Gasteiger partial charge is 0.264 e. The van der Waals surface area contributed by atoms with Crippen molar-refractivity contribution in [2.24, 2.45) is 5.10 Å². The minimum atomic E-state index is -4.18. The van der Waals surface area contributed by atoms with E-state index in [9.17, 15) is 13.2 Å². The molecule has 41 heavy (non-hydrogen) atoms. The maximum Gasteiger partial charge on any atom is 0.264 e. The zero-order valence-electron chi connectivity index (χ0n) is 22.7. The van der Waals surface area contributed by atoms with E-state index in [0.717, 1.165) is 32.5 Å². The minimum Gasteiger partial charge on any atom is -0.495 e. The number of nitrogens with one attached hydrogen (secondary N) is 1. The van der Waals surface area contributed by atoms with Crippen LogP contribution in [0.2, 0.25) is 15.1 Å². The summed E-state index contributed by atoms with van der Waals surface area (Å²) in [6.45, 7) is 5.08. The summed E-state index contributed by atoms with van der Waals surface area (Å²) in [5.41, 5.74) is 6.69. The number of benzene rings is 3. The molecule has 0 bridgehead atoms. The molecule has 0 atom stereocenters. The number of carbonyl (C=O) groups excluding carboxylic acids is 1. The van der Waals surface area contributed by atoms with Gasteiger partial charge in [-0.2, -0.15) is 5.10 Å². The Morgan fingerprint density at radius 1 is 0.951 bits per heavy atom. The van der Waals surface area contributed by atoms with Gasteiger partial charge in [0.25, 0.3) is 15.9 Å². The van der Waals surface area contributed by atoms with Gasteiger partial charge in [-0.25, -0.2) is 13.8 Å². The zero-order valence-corrected chi connectivity index (χ0v) is 25.7. The highest BCUT2D eigenvalue weighted by molar-refractivity contribution is 7.92. The number of aryl methyl sites for hydroxylation is 2. The first-order valence-corrected chi connectivity index (χ1v) is 14.9. The van der Waals surface area contributed by atoms with Gasteiger partial charge < -0.3 is 9.30 Å². The molecular formula is C29H27Cl3N4O4S. The van der Waals surface area contributed by atoms with Crippen LogP contribution in [0.3, 0.4) is 0 Å². The number of halogens is 3. The van der Waals surface area contributed by atoms with Gasteiger partial charge >= 0.3 is 0 Å². The van der Waals surface area contributed by atoms with Gasteiger partial charge in [0.15, 0.2) is 0 Å². The van der Waals surface area contributed by atoms with Gasteiger partial charge in [-0.15, -0.1) is 0 Å². The van der Waals surface area contributed by atoms with Crippen LogP contribution in [-0.2, 0) is 14.8 Å². The molecule has 8 nitrogen and oxygen atoms in total. The van der Waals surface area contributed by atoms with Crippen molar-refractivity contribution in [1.82, 2.24) is 9.99 Å². The summed E-state index contributed by atoms with van der Waals surface area (Å²) in [5, 5.41) is 5.37. The molecule has 12 heteroatoms. The number of methoxy groups -OCH3 is 1. The van der Waals surface area contributed by atoms with E-state index in [0.29, 0.717) is 10.0 Å². The van der Waals surface area contributed by atoms with Crippen molar-refractivity contribution in [3.05, 3.63) is 104 Å². The van der Waals surface area contributed by atoms with Crippen molar-refractivity contribution >= 4 is 62.6 Å². The van der Waals surface area contributed by atoms with E-state index >= 15 is 0 Å². The number of nitrogens with zero attached hydrogens (tertiary/aromatic N) is 3. The number of anilines is 1. The Kier molecular flexibility index (Phi) is 9.34. The van der Waals surface area contributed by atoms with Gasteiger partial charge in [0.1, 0.15) is 12.3 Å². The molecule has 3 aromatic carbocycles. The van der Waals surface area contributed by atoms with Crippen LogP contribution in [0.25, 0.3) is 5.69 Å². The van der Waals surface area contributed by atoms with Crippen molar-refractivity contribution in [3.8, 4) is 11.4 Å². The van der Waals surface area contributed by atoms with Gasteiger partial charge in [-0.1, -0.05) is 52.5 Å². The molecular weight excluding hydrogens is 607 g/mol. The normalized spacial score (nSPS) is 11.6. The van der Waals surface area contributed by atoms with E-state index in [1.807, 2.05) is 31.4 Å². The highest BCUT2D eigenvalue weighted by Gasteiger charge is 2.29. The average molecular weight is 634 g/mol. The molecule has 1 amide bonds. The molecule has 0 spiro atoms. The van der Waals surface area contributed by atoms with Crippen molar-refractivity contribution in [3.63, 3.8) is 0 Å². The van der Waals surface area contributed by atoms with Gasteiger partial charge in [-0.3, -0.25) is 9.10 Å². The number of carbonyl (C=O) groups is 1. The summed E-state index contributed by atoms with van der Waals surface area (Å²) in [7, 11) is -2.78. The Hall–Kier alpha value is -3.50. The fourth-order valence-electron chi connectivity index (χ4n) is 4.32. The number of sulfonamides is 1. The van der Waals surface area contributed by atoms with Crippen molar-refractivity contribution in [1.29, 1.82) is 0 Å². The molecule has 0 aliphatic carbocycles. The number of hydrazone groups is 1. The fourth-order valence-corrected chi connectivity index (χ4v) is 6.42. The summed E-state index contributed by atoms with van der Waals surface area (Å²) in [6.07, 6.45) is 1.49. The lowest BCUT2D eigenvalue weighted by atomic mass is 10.2. The van der Waals surface area contributed by atoms with Crippen LogP contribution < -0.4 is 14.5 Å². The first-order valence-electron chi connectivity index (χ1n) is 12.3. The monoisotopic (exact) mass is 632 g/mol. The lowest BCUT2D eigenvalue weighted by molar-refractivity contribution is -0.119. The van der Waals surface area contributed by atoms with Gasteiger partial charge in [-0.05, 0) is 75.4 Å².